The van der Waals surface area contributed by atoms with Crippen LogP contribution < -0.4 is 0 Å². The van der Waals surface area contributed by atoms with E-state index in [1.165, 1.54) is 11.4 Å². The largest absolute Gasteiger partial charge is 0.400 e. The van der Waals surface area contributed by atoms with Crippen molar-refractivity contribution in [2.75, 3.05) is 7.11 Å². The third-order valence-corrected chi connectivity index (χ3v) is 3.98. The van der Waals surface area contributed by atoms with Crippen molar-refractivity contribution in [3.63, 3.8) is 0 Å². The van der Waals surface area contributed by atoms with Gasteiger partial charge in [0, 0.05) is 12.8 Å². The second-order valence-electron chi connectivity index (χ2n) is 6.21. The molecule has 1 aliphatic rings. The Morgan fingerprint density at radius 3 is 2.05 bits per heavy atom. The fourth-order valence-corrected chi connectivity index (χ4v) is 2.74. The van der Waals surface area contributed by atoms with Crippen LogP contribution in [0, 0.1) is 0 Å². The molecule has 1 aromatic rings. The van der Waals surface area contributed by atoms with Crippen LogP contribution in [0.25, 0.3) is 0 Å². The number of aliphatic hydroxyl groups is 2. The topological polar surface area (TPSA) is 58.3 Å². The summed E-state index contributed by atoms with van der Waals surface area (Å²) in [5, 5.41) is 21.4. The monoisotopic (exact) mass is 282 g/mol. The maximum absolute atomic E-state index is 9.62. The first-order chi connectivity index (χ1) is 9.49. The van der Waals surface area contributed by atoms with Crippen molar-refractivity contribution in [1.82, 2.24) is 9.78 Å². The van der Waals surface area contributed by atoms with Crippen molar-refractivity contribution in [1.29, 1.82) is 0 Å². The number of hydrogen-bond donors (Lipinski definition) is 2. The van der Waals surface area contributed by atoms with E-state index >= 15 is 0 Å². The molecular weight excluding hydrogens is 252 g/mol. The lowest BCUT2D eigenvalue weighted by Gasteiger charge is -2.27. The second-order valence-corrected chi connectivity index (χ2v) is 6.21. The summed E-state index contributed by atoms with van der Waals surface area (Å²) in [4.78, 5) is 0. The van der Waals surface area contributed by atoms with Gasteiger partial charge in [0.25, 0.3) is 0 Å². The van der Waals surface area contributed by atoms with Crippen molar-refractivity contribution in [2.45, 2.75) is 77.4 Å². The lowest BCUT2D eigenvalue weighted by Crippen LogP contribution is -2.23. The van der Waals surface area contributed by atoms with Crippen LogP contribution in [-0.2, 0) is 0 Å². The molecule has 1 aliphatic carbocycles. The number of rotatable bonds is 3. The molecule has 116 valence electrons. The van der Waals surface area contributed by atoms with Gasteiger partial charge in [0.1, 0.15) is 0 Å². The van der Waals surface area contributed by atoms with Crippen molar-refractivity contribution < 1.29 is 10.2 Å². The van der Waals surface area contributed by atoms with Crippen LogP contribution in [0.5, 0.6) is 0 Å². The van der Waals surface area contributed by atoms with Gasteiger partial charge in [0.05, 0.1) is 17.8 Å². The third kappa shape index (κ3) is 4.06. The van der Waals surface area contributed by atoms with Gasteiger partial charge in [-0.25, -0.2) is 0 Å². The van der Waals surface area contributed by atoms with E-state index in [2.05, 4.69) is 38.4 Å². The first-order valence-electron chi connectivity index (χ1n) is 7.71. The first kappa shape index (κ1) is 17.2. The van der Waals surface area contributed by atoms with Crippen molar-refractivity contribution >= 4 is 0 Å². The lowest BCUT2D eigenvalue weighted by molar-refractivity contribution is 0.107. The molecule has 2 rings (SSSR count). The zero-order valence-electron chi connectivity index (χ0n) is 13.5. The van der Waals surface area contributed by atoms with Crippen molar-refractivity contribution in [3.8, 4) is 0 Å². The van der Waals surface area contributed by atoms with Gasteiger partial charge in [0.15, 0.2) is 0 Å². The van der Waals surface area contributed by atoms with Crippen LogP contribution in [0.3, 0.4) is 0 Å². The van der Waals surface area contributed by atoms with E-state index in [0.717, 1.165) is 32.8 Å². The third-order valence-electron chi connectivity index (χ3n) is 3.98. The normalized spacial score (nSPS) is 22.9. The van der Waals surface area contributed by atoms with E-state index in [1.54, 1.807) is 0 Å². The predicted molar refractivity (Wildman–Crippen MR) is 82.1 cm³/mol. The van der Waals surface area contributed by atoms with Crippen LogP contribution in [-0.4, -0.2) is 33.2 Å². The van der Waals surface area contributed by atoms with Crippen LogP contribution in [0.4, 0.5) is 0 Å². The van der Waals surface area contributed by atoms with Crippen LogP contribution in [0.2, 0.25) is 0 Å². The summed E-state index contributed by atoms with van der Waals surface area (Å²) in [6, 6.07) is 2.75. The Kier molecular flexibility index (Phi) is 6.69. The van der Waals surface area contributed by atoms with Crippen LogP contribution >= 0.6 is 0 Å². The summed E-state index contributed by atoms with van der Waals surface area (Å²) in [5.41, 5.74) is 2.55. The molecule has 0 aromatic carbocycles. The quantitative estimate of drug-likeness (QED) is 0.895. The maximum Gasteiger partial charge on any atom is 0.0653 e. The number of aromatic nitrogens is 2. The average Bonchev–Trinajstić information content (AvgIpc) is 2.87. The van der Waals surface area contributed by atoms with E-state index < -0.39 is 0 Å². The minimum Gasteiger partial charge on any atom is -0.400 e. The highest BCUT2D eigenvalue weighted by Crippen LogP contribution is 2.32. The fourth-order valence-electron chi connectivity index (χ4n) is 2.74. The molecule has 4 nitrogen and oxygen atoms in total. The average molecular weight is 282 g/mol. The summed E-state index contributed by atoms with van der Waals surface area (Å²) in [5.74, 6) is 0.995. The highest BCUT2D eigenvalue weighted by Gasteiger charge is 2.24. The van der Waals surface area contributed by atoms with Crippen LogP contribution in [0.15, 0.2) is 6.07 Å². The molecule has 1 heterocycles. The lowest BCUT2D eigenvalue weighted by atomic mass is 9.93. The van der Waals surface area contributed by atoms with Gasteiger partial charge in [-0.05, 0) is 43.6 Å². The summed E-state index contributed by atoms with van der Waals surface area (Å²) in [7, 11) is 1.00. The molecular formula is C16H30N2O2. The Morgan fingerprint density at radius 1 is 1.05 bits per heavy atom. The molecule has 2 N–H and O–H groups in total. The summed E-state index contributed by atoms with van der Waals surface area (Å²) in [6.07, 6.45) is 3.85. The Morgan fingerprint density at radius 2 is 1.60 bits per heavy atom. The highest BCUT2D eigenvalue weighted by atomic mass is 16.3. The number of aliphatic hydroxyl groups excluding tert-OH is 2. The summed E-state index contributed by atoms with van der Waals surface area (Å²) >= 11 is 0. The standard InChI is InChI=1S/C15H26N2O.CH4O/c1-10(2)14-9-15(11(3)4)17(16-14)12-5-7-13(18)8-6-12;1-2/h9-13,18H,5-8H2,1-4H3;2H,1H3. The minimum absolute atomic E-state index is 0.0936. The van der Waals surface area contributed by atoms with Gasteiger partial charge >= 0.3 is 0 Å². The van der Waals surface area contributed by atoms with E-state index in [-0.39, 0.29) is 6.10 Å². The molecule has 4 heteroatoms. The first-order valence-corrected chi connectivity index (χ1v) is 7.71. The maximum atomic E-state index is 9.62. The molecule has 1 saturated carbocycles. The van der Waals surface area contributed by atoms with Gasteiger partial charge < -0.3 is 10.2 Å². The smallest absolute Gasteiger partial charge is 0.0653 e. The number of hydrogen-bond acceptors (Lipinski definition) is 3. The summed E-state index contributed by atoms with van der Waals surface area (Å²) in [6.45, 7) is 8.85. The minimum atomic E-state index is -0.0936. The molecule has 20 heavy (non-hydrogen) atoms. The molecule has 0 unspecified atom stereocenters. The Hall–Kier alpha value is -0.870. The summed E-state index contributed by atoms with van der Waals surface area (Å²) < 4.78 is 2.24. The van der Waals surface area contributed by atoms with E-state index in [1.807, 2.05) is 0 Å². The van der Waals surface area contributed by atoms with E-state index in [0.29, 0.717) is 17.9 Å². The second kappa shape index (κ2) is 7.79. The zero-order valence-corrected chi connectivity index (χ0v) is 13.5. The highest BCUT2D eigenvalue weighted by molar-refractivity contribution is 5.17. The van der Waals surface area contributed by atoms with Gasteiger partial charge in [-0.15, -0.1) is 0 Å². The molecule has 0 aliphatic heterocycles. The Bertz CT molecular complexity index is 391. The van der Waals surface area contributed by atoms with Gasteiger partial charge in [-0.1, -0.05) is 27.7 Å². The van der Waals surface area contributed by atoms with E-state index in [4.69, 9.17) is 10.2 Å². The van der Waals surface area contributed by atoms with Gasteiger partial charge in [-0.2, -0.15) is 5.10 Å². The molecule has 0 amide bonds. The molecule has 0 bridgehead atoms. The molecule has 0 spiro atoms. The SMILES string of the molecule is CC(C)c1cc(C(C)C)n(C2CCC(O)CC2)n1.CO. The zero-order chi connectivity index (χ0) is 15.3. The van der Waals surface area contributed by atoms with Gasteiger partial charge in [0.2, 0.25) is 0 Å². The van der Waals surface area contributed by atoms with Crippen LogP contribution in [0.1, 0.15) is 82.6 Å². The van der Waals surface area contributed by atoms with E-state index in [9.17, 15) is 5.11 Å². The molecule has 0 radical (unpaired) electrons. The number of nitrogens with zero attached hydrogens (tertiary/aromatic N) is 2. The Balaban J connectivity index is 0.000000956. The molecule has 0 saturated heterocycles. The van der Waals surface area contributed by atoms with Crippen molar-refractivity contribution in [2.24, 2.45) is 0 Å². The fraction of sp³-hybridized carbons (Fsp3) is 0.812. The molecule has 1 fully saturated rings. The van der Waals surface area contributed by atoms with Crippen molar-refractivity contribution in [3.05, 3.63) is 17.5 Å². The molecule has 1 aromatic heterocycles. The Labute approximate surface area is 122 Å². The van der Waals surface area contributed by atoms with Gasteiger partial charge in [-0.3, -0.25) is 4.68 Å². The predicted octanol–water partition coefficient (Wildman–Crippen LogP) is 3.21. The molecule has 0 atom stereocenters.